The molecule has 5 aliphatic rings. The van der Waals surface area contributed by atoms with Crippen LogP contribution >= 0.6 is 14.8 Å². The molecule has 5 fully saturated rings. The van der Waals surface area contributed by atoms with Crippen LogP contribution in [0.25, 0.3) is 0 Å². The van der Waals surface area contributed by atoms with Gasteiger partial charge in [0.05, 0.1) is 0 Å². The van der Waals surface area contributed by atoms with E-state index in [2.05, 4.69) is 107 Å². The number of nitrogens with zero attached hydrogens (tertiary/aromatic N) is 2. The van der Waals surface area contributed by atoms with Gasteiger partial charge in [-0.2, -0.15) is 0 Å². The summed E-state index contributed by atoms with van der Waals surface area (Å²) in [6.45, 7) is 36.2. The molecule has 0 unspecified atom stereocenters. The predicted molar refractivity (Wildman–Crippen MR) is 197 cm³/mol. The van der Waals surface area contributed by atoms with Crippen molar-refractivity contribution in [3.05, 3.63) is 0 Å². The Hall–Kier alpha value is 0.460. The van der Waals surface area contributed by atoms with E-state index in [-0.39, 0.29) is 33.6 Å². The summed E-state index contributed by atoms with van der Waals surface area (Å²) in [5.74, 6) is 0. The molecule has 0 aromatic rings. The van der Waals surface area contributed by atoms with Crippen LogP contribution in [-0.2, 0) is 36.4 Å². The first kappa shape index (κ1) is 39.7. The summed E-state index contributed by atoms with van der Waals surface area (Å²) in [7, 11) is -7.50. The van der Waals surface area contributed by atoms with Crippen LogP contribution in [0.2, 0.25) is 0 Å². The van der Waals surface area contributed by atoms with Crippen molar-refractivity contribution in [3.63, 3.8) is 0 Å². The van der Waals surface area contributed by atoms with Crippen molar-refractivity contribution in [2.75, 3.05) is 65.4 Å². The number of rotatable bonds is 0. The van der Waals surface area contributed by atoms with Crippen molar-refractivity contribution in [1.82, 2.24) is 9.80 Å². The zero-order chi connectivity index (χ0) is 35.8. The van der Waals surface area contributed by atoms with Gasteiger partial charge in [0, 0.05) is 0 Å². The van der Waals surface area contributed by atoms with E-state index in [0.717, 1.165) is 32.2 Å². The van der Waals surface area contributed by atoms with Gasteiger partial charge in [-0.25, -0.2) is 0 Å². The third kappa shape index (κ3) is 7.87. The van der Waals surface area contributed by atoms with Crippen molar-refractivity contribution in [3.8, 4) is 0 Å². The Bertz CT molecular complexity index is 1140. The van der Waals surface area contributed by atoms with Crippen LogP contribution in [0.4, 0.5) is 0 Å². The fraction of sp³-hybridized carbons (Fsp3) is 1.00. The van der Waals surface area contributed by atoms with Gasteiger partial charge in [-0.15, -0.1) is 0 Å². The van der Waals surface area contributed by atoms with Crippen LogP contribution in [0.1, 0.15) is 123 Å². The summed E-state index contributed by atoms with van der Waals surface area (Å²) in [6, 6.07) is 0. The first-order chi connectivity index (χ1) is 21.7. The molecular formula is C36H72N2O8P2. The van der Waals surface area contributed by atoms with E-state index in [0.29, 0.717) is 58.8 Å². The zero-order valence-corrected chi connectivity index (χ0v) is 34.9. The summed E-state index contributed by atoms with van der Waals surface area (Å²) < 4.78 is 56.0. The maximum absolute atomic E-state index is 7.18. The second-order valence-corrected chi connectivity index (χ2v) is 27.0. The summed E-state index contributed by atoms with van der Waals surface area (Å²) in [4.78, 5) is 4.87. The van der Waals surface area contributed by atoms with E-state index in [1.807, 2.05) is 0 Å². The molecule has 5 heterocycles. The number of hydrogen-bond acceptors (Lipinski definition) is 10. The maximum atomic E-state index is 7.18. The van der Waals surface area contributed by atoms with Gasteiger partial charge in [-0.3, -0.25) is 0 Å². The predicted octanol–water partition coefficient (Wildman–Crippen LogP) is 8.31. The van der Waals surface area contributed by atoms with E-state index < -0.39 is 26.0 Å². The molecular weight excluding hydrogens is 650 g/mol. The molecule has 284 valence electrons. The molecule has 0 aromatic carbocycles. The third-order valence-corrected chi connectivity index (χ3v) is 20.8. The SMILES string of the molecule is CC1(C)CC2CC(C)(C)OP23(CCOCCN(C(C)(C)C)CCOP24(OCCN(C(C)(C)C)CCO3)OC(C)(C)CC2CC(C)(C)O4)O1. The van der Waals surface area contributed by atoms with Crippen molar-refractivity contribution in [2.45, 2.75) is 167 Å². The molecule has 0 bridgehead atoms. The van der Waals surface area contributed by atoms with Gasteiger partial charge in [0.25, 0.3) is 0 Å². The Morgan fingerprint density at radius 2 is 0.854 bits per heavy atom. The normalized spacial score (nSPS) is 37.0. The van der Waals surface area contributed by atoms with Crippen molar-refractivity contribution in [2.24, 2.45) is 0 Å². The van der Waals surface area contributed by atoms with Crippen molar-refractivity contribution < 1.29 is 36.4 Å². The van der Waals surface area contributed by atoms with Crippen LogP contribution in [-0.4, -0.2) is 120 Å². The monoisotopic (exact) mass is 722 g/mol. The average Bonchev–Trinajstić information content (AvgIpc) is 3.39. The van der Waals surface area contributed by atoms with Crippen LogP contribution < -0.4 is 0 Å². The van der Waals surface area contributed by atoms with Crippen LogP contribution in [0.5, 0.6) is 0 Å². The average molecular weight is 723 g/mol. The van der Waals surface area contributed by atoms with Crippen LogP contribution in [0.3, 0.4) is 0 Å². The zero-order valence-electron chi connectivity index (χ0n) is 33.1. The van der Waals surface area contributed by atoms with Gasteiger partial charge >= 0.3 is 294 Å². The third-order valence-electron chi connectivity index (χ3n) is 11.0. The quantitative estimate of drug-likeness (QED) is 0.228. The molecule has 5 saturated heterocycles. The molecule has 0 aromatic heterocycles. The molecule has 2 spiro atoms. The Balaban J connectivity index is 1.47. The van der Waals surface area contributed by atoms with Crippen molar-refractivity contribution in [1.29, 1.82) is 0 Å². The molecule has 0 saturated carbocycles. The molecule has 0 amide bonds. The van der Waals surface area contributed by atoms with E-state index in [4.69, 9.17) is 36.4 Å². The van der Waals surface area contributed by atoms with E-state index in [9.17, 15) is 0 Å². The topological polar surface area (TPSA) is 80.3 Å². The van der Waals surface area contributed by atoms with Gasteiger partial charge in [-0.1, -0.05) is 0 Å². The molecule has 10 nitrogen and oxygen atoms in total. The summed E-state index contributed by atoms with van der Waals surface area (Å²) in [6.07, 6.45) is 4.22. The number of ether oxygens (including phenoxy) is 1. The molecule has 0 aliphatic carbocycles. The van der Waals surface area contributed by atoms with Crippen LogP contribution in [0, 0.1) is 0 Å². The second kappa shape index (κ2) is 12.5. The molecule has 5 rings (SSSR count). The van der Waals surface area contributed by atoms with Gasteiger partial charge < -0.3 is 0 Å². The van der Waals surface area contributed by atoms with Gasteiger partial charge in [-0.05, 0) is 0 Å². The van der Waals surface area contributed by atoms with E-state index in [1.54, 1.807) is 0 Å². The standard InChI is InChI=1S/C36H72N2O8P2/c1-31(2,3)37-15-19-39-23-24-47(29(25-33(7,8)43-47)26-34(9,10)44-47)40-20-16-38(32(4,5)6)18-22-42-48(41-21-17-37)30(27-35(11,12)45-48)28-36(13,14)46-48/h29-30H,15-28H2,1-14H3. The molecule has 0 N–H and O–H groups in total. The second-order valence-electron chi connectivity index (χ2n) is 19.7. The van der Waals surface area contributed by atoms with E-state index in [1.165, 1.54) is 0 Å². The molecule has 48 heavy (non-hydrogen) atoms. The Labute approximate surface area is 293 Å². The molecule has 0 radical (unpaired) electrons. The summed E-state index contributed by atoms with van der Waals surface area (Å²) in [5.41, 5.74) is -1.33. The Morgan fingerprint density at radius 3 is 1.29 bits per heavy atom. The van der Waals surface area contributed by atoms with Crippen molar-refractivity contribution >= 4 is 14.8 Å². The minimum atomic E-state index is -3.97. The Kier molecular flexibility index (Phi) is 10.3. The fourth-order valence-corrected chi connectivity index (χ4v) is 20.7. The summed E-state index contributed by atoms with van der Waals surface area (Å²) in [5, 5.41) is 0. The molecule has 5 aliphatic heterocycles. The van der Waals surface area contributed by atoms with Gasteiger partial charge in [0.2, 0.25) is 0 Å². The molecule has 0 atom stereocenters. The van der Waals surface area contributed by atoms with Gasteiger partial charge in [0.1, 0.15) is 0 Å². The summed E-state index contributed by atoms with van der Waals surface area (Å²) >= 11 is 0. The fourth-order valence-electron chi connectivity index (χ4n) is 9.37. The number of hydrogen-bond donors (Lipinski definition) is 0. The van der Waals surface area contributed by atoms with Crippen LogP contribution in [0.15, 0.2) is 0 Å². The minimum absolute atomic E-state index is 0.0664. The first-order valence-corrected chi connectivity index (χ1v) is 22.9. The first-order valence-electron chi connectivity index (χ1n) is 18.6. The molecule has 12 heteroatoms. The Morgan fingerprint density at radius 1 is 0.479 bits per heavy atom. The van der Waals surface area contributed by atoms with E-state index >= 15 is 0 Å². The van der Waals surface area contributed by atoms with Gasteiger partial charge in [0.15, 0.2) is 0 Å².